The van der Waals surface area contributed by atoms with Crippen LogP contribution in [0.5, 0.6) is 5.75 Å². The number of rotatable bonds is 8. The first-order chi connectivity index (χ1) is 15.7. The maximum Gasteiger partial charge on any atom is 0.146 e. The van der Waals surface area contributed by atoms with Gasteiger partial charge < -0.3 is 10.1 Å². The number of hydrogen-bond acceptors (Lipinski definition) is 2. The highest BCUT2D eigenvalue weighted by Crippen LogP contribution is 2.42. The van der Waals surface area contributed by atoms with Crippen molar-refractivity contribution in [3.8, 4) is 28.7 Å². The molecule has 1 aromatic carbocycles. The zero-order valence-corrected chi connectivity index (χ0v) is 26.5. The fourth-order valence-electron chi connectivity index (χ4n) is 6.42. The molecule has 4 heteroatoms. The van der Waals surface area contributed by atoms with Crippen molar-refractivity contribution >= 4 is 21.8 Å². The van der Waals surface area contributed by atoms with Crippen LogP contribution in [0.15, 0.2) is 12.1 Å². The van der Waals surface area contributed by atoms with Crippen molar-refractivity contribution in [2.45, 2.75) is 116 Å². The SMILES string of the molecule is CNc1c(C#C[Si](C(C)C)(C(C)C)C(C)C)cc(OC)cc1C#C[Si](C(C)C)(C(C)C)C(C)C. The molecule has 0 heterocycles. The summed E-state index contributed by atoms with van der Waals surface area (Å²) in [6, 6.07) is 4.14. The first-order valence-corrected chi connectivity index (χ1v) is 17.6. The second kappa shape index (κ2) is 12.4. The molecule has 190 valence electrons. The molecular weight excluding hydrogens is 447 g/mol. The van der Waals surface area contributed by atoms with E-state index >= 15 is 0 Å². The van der Waals surface area contributed by atoms with E-state index in [-0.39, 0.29) is 0 Å². The summed E-state index contributed by atoms with van der Waals surface area (Å²) >= 11 is 0. The van der Waals surface area contributed by atoms with Crippen LogP contribution in [0.3, 0.4) is 0 Å². The minimum atomic E-state index is -1.84. The summed E-state index contributed by atoms with van der Waals surface area (Å²) in [5.41, 5.74) is 14.4. The van der Waals surface area contributed by atoms with Gasteiger partial charge in [0.15, 0.2) is 0 Å². The van der Waals surface area contributed by atoms with E-state index in [9.17, 15) is 0 Å². The van der Waals surface area contributed by atoms with E-state index in [0.29, 0.717) is 33.2 Å². The quantitative estimate of drug-likeness (QED) is 0.286. The number of ether oxygens (including phenoxy) is 1. The molecule has 0 saturated heterocycles. The van der Waals surface area contributed by atoms with E-state index in [2.05, 4.69) is 123 Å². The predicted octanol–water partition coefficient (Wildman–Crippen LogP) is 8.88. The zero-order valence-electron chi connectivity index (χ0n) is 24.5. The van der Waals surface area contributed by atoms with E-state index in [4.69, 9.17) is 4.74 Å². The Labute approximate surface area is 214 Å². The van der Waals surface area contributed by atoms with Gasteiger partial charge in [0.1, 0.15) is 21.9 Å². The van der Waals surface area contributed by atoms with Crippen LogP contribution < -0.4 is 10.1 Å². The van der Waals surface area contributed by atoms with Crippen molar-refractivity contribution < 1.29 is 4.74 Å². The molecule has 0 fully saturated rings. The van der Waals surface area contributed by atoms with Gasteiger partial charge in [0.25, 0.3) is 0 Å². The molecule has 0 amide bonds. The van der Waals surface area contributed by atoms with Crippen LogP contribution in [0.1, 0.15) is 94.2 Å². The number of nitrogens with one attached hydrogen (secondary N) is 1. The lowest BCUT2D eigenvalue weighted by Gasteiger charge is -2.38. The number of hydrogen-bond donors (Lipinski definition) is 1. The van der Waals surface area contributed by atoms with Crippen LogP contribution in [0.4, 0.5) is 5.69 Å². The fraction of sp³-hybridized carbons (Fsp3) is 0.667. The second-order valence-corrected chi connectivity index (χ2v) is 22.8. The lowest BCUT2D eigenvalue weighted by atomic mass is 10.1. The first kappa shape index (κ1) is 30.4. The summed E-state index contributed by atoms with van der Waals surface area (Å²) in [4.78, 5) is 0. The van der Waals surface area contributed by atoms with Gasteiger partial charge >= 0.3 is 0 Å². The molecule has 1 N–H and O–H groups in total. The Morgan fingerprint density at radius 3 is 1.12 bits per heavy atom. The molecule has 0 aliphatic carbocycles. The number of anilines is 1. The van der Waals surface area contributed by atoms with E-state index in [0.717, 1.165) is 22.6 Å². The van der Waals surface area contributed by atoms with E-state index in [1.807, 2.05) is 7.05 Å². The number of benzene rings is 1. The Morgan fingerprint density at radius 1 is 0.618 bits per heavy atom. The molecule has 0 aromatic heterocycles. The third-order valence-electron chi connectivity index (χ3n) is 8.16. The molecular formula is C30H51NOSi2. The van der Waals surface area contributed by atoms with Gasteiger partial charge in [0.05, 0.1) is 23.9 Å². The molecule has 2 nitrogen and oxygen atoms in total. The maximum absolute atomic E-state index is 5.70. The average Bonchev–Trinajstić information content (AvgIpc) is 2.72. The highest BCUT2D eigenvalue weighted by atomic mass is 28.3. The first-order valence-electron chi connectivity index (χ1n) is 13.2. The van der Waals surface area contributed by atoms with Crippen molar-refractivity contribution in [1.29, 1.82) is 0 Å². The molecule has 0 radical (unpaired) electrons. The molecule has 0 spiro atoms. The van der Waals surface area contributed by atoms with Crippen LogP contribution in [-0.4, -0.2) is 30.3 Å². The van der Waals surface area contributed by atoms with Gasteiger partial charge in [-0.05, 0) is 45.4 Å². The molecule has 0 unspecified atom stereocenters. The summed E-state index contributed by atoms with van der Waals surface area (Å²) in [5, 5.41) is 3.43. The van der Waals surface area contributed by atoms with Gasteiger partial charge in [-0.1, -0.05) is 94.9 Å². The molecule has 1 aromatic rings. The van der Waals surface area contributed by atoms with E-state index < -0.39 is 16.1 Å². The minimum Gasteiger partial charge on any atom is -0.497 e. The van der Waals surface area contributed by atoms with Gasteiger partial charge in [-0.25, -0.2) is 0 Å². The largest absolute Gasteiger partial charge is 0.497 e. The molecule has 0 aliphatic rings. The van der Waals surface area contributed by atoms with Crippen molar-refractivity contribution in [3.05, 3.63) is 23.3 Å². The Hall–Kier alpha value is -1.63. The third kappa shape index (κ3) is 5.95. The van der Waals surface area contributed by atoms with Gasteiger partial charge in [-0.3, -0.25) is 0 Å². The van der Waals surface area contributed by atoms with Crippen molar-refractivity contribution in [2.75, 3.05) is 19.5 Å². The maximum atomic E-state index is 5.70. The van der Waals surface area contributed by atoms with Crippen LogP contribution in [0.25, 0.3) is 0 Å². The molecule has 0 aliphatic heterocycles. The summed E-state index contributed by atoms with van der Waals surface area (Å²) in [6.45, 7) is 28.3. The van der Waals surface area contributed by atoms with Gasteiger partial charge in [-0.2, -0.15) is 0 Å². The van der Waals surface area contributed by atoms with Crippen molar-refractivity contribution in [3.63, 3.8) is 0 Å². The Bertz CT molecular complexity index is 821. The second-order valence-electron chi connectivity index (χ2n) is 11.6. The zero-order chi connectivity index (χ0) is 26.4. The lowest BCUT2D eigenvalue weighted by molar-refractivity contribution is 0.414. The topological polar surface area (TPSA) is 21.3 Å². The monoisotopic (exact) mass is 497 g/mol. The molecule has 0 atom stereocenters. The molecule has 34 heavy (non-hydrogen) atoms. The van der Waals surface area contributed by atoms with Crippen LogP contribution in [0.2, 0.25) is 33.2 Å². The fourth-order valence-corrected chi connectivity index (χ4v) is 16.9. The lowest BCUT2D eigenvalue weighted by Crippen LogP contribution is -2.43. The van der Waals surface area contributed by atoms with E-state index in [1.54, 1.807) is 7.11 Å². The molecule has 0 bridgehead atoms. The smallest absolute Gasteiger partial charge is 0.146 e. The Balaban J connectivity index is 3.88. The van der Waals surface area contributed by atoms with Gasteiger partial charge in [0.2, 0.25) is 0 Å². The van der Waals surface area contributed by atoms with Crippen molar-refractivity contribution in [1.82, 2.24) is 0 Å². The summed E-state index contributed by atoms with van der Waals surface area (Å²) in [7, 11) is 0.0240. The normalized spacial score (nSPS) is 12.4. The third-order valence-corrected chi connectivity index (χ3v) is 20.7. The molecule has 0 saturated carbocycles. The number of methoxy groups -OCH3 is 1. The van der Waals surface area contributed by atoms with Crippen LogP contribution in [0, 0.1) is 22.9 Å². The highest BCUT2D eigenvalue weighted by Gasteiger charge is 2.42. The van der Waals surface area contributed by atoms with E-state index in [1.165, 1.54) is 0 Å². The van der Waals surface area contributed by atoms with Crippen LogP contribution >= 0.6 is 0 Å². The van der Waals surface area contributed by atoms with Crippen LogP contribution in [-0.2, 0) is 0 Å². The summed E-state index contributed by atoms with van der Waals surface area (Å²) in [5.74, 6) is 8.11. The summed E-state index contributed by atoms with van der Waals surface area (Å²) in [6.07, 6.45) is 0. The van der Waals surface area contributed by atoms with Gasteiger partial charge in [-0.15, -0.1) is 11.1 Å². The standard InChI is InChI=1S/C30H51NOSi2/c1-21(2)33(22(3)4,23(5)6)17-15-27-19-29(32-14)20-28(30(27)31-13)16-18-34(24(7)8,25(9)10)26(11)12/h19-26,31H,1-14H3. The minimum absolute atomic E-state index is 0.595. The Kier molecular flexibility index (Phi) is 11.1. The predicted molar refractivity (Wildman–Crippen MR) is 158 cm³/mol. The highest BCUT2D eigenvalue weighted by molar-refractivity contribution is 6.91. The average molecular weight is 498 g/mol. The van der Waals surface area contributed by atoms with Crippen molar-refractivity contribution in [2.24, 2.45) is 0 Å². The van der Waals surface area contributed by atoms with Gasteiger partial charge in [0, 0.05) is 7.05 Å². The molecule has 1 rings (SSSR count). The summed E-state index contributed by atoms with van der Waals surface area (Å²) < 4.78 is 5.70. The Morgan fingerprint density at radius 2 is 0.912 bits per heavy atom.